The van der Waals surface area contributed by atoms with Gasteiger partial charge < -0.3 is 56.8 Å². The minimum atomic E-state index is -0.924. The van der Waals surface area contributed by atoms with E-state index >= 15 is 0 Å². The molecule has 3 saturated heterocycles. The first-order valence-corrected chi connectivity index (χ1v) is 26.6. The zero-order valence-corrected chi connectivity index (χ0v) is 41.9. The number of carbonyl (C=O) groups is 6. The van der Waals surface area contributed by atoms with E-state index in [-0.39, 0.29) is 95.0 Å². The first kappa shape index (κ1) is 57.5. The molecule has 0 aromatic carbocycles. The topological polar surface area (TPSA) is 213 Å². The van der Waals surface area contributed by atoms with E-state index in [0.29, 0.717) is 63.3 Å². The Morgan fingerprint density at radius 2 is 0.742 bits per heavy atom. The fraction of sp³-hybridized carbons (Fsp3) is 0.867. The molecule has 0 aromatic rings. The van der Waals surface area contributed by atoms with Gasteiger partial charge in [-0.25, -0.2) is 14.4 Å². The van der Waals surface area contributed by atoms with Crippen molar-refractivity contribution in [2.75, 3.05) is 134 Å². The zero-order valence-electron chi connectivity index (χ0n) is 39.5. The summed E-state index contributed by atoms with van der Waals surface area (Å²) in [5, 5.41) is 0. The van der Waals surface area contributed by atoms with Gasteiger partial charge in [-0.05, 0) is 62.2 Å². The summed E-state index contributed by atoms with van der Waals surface area (Å²) in [5.74, 6) is 2.81. The molecule has 0 radical (unpaired) electrons. The fourth-order valence-electron chi connectivity index (χ4n) is 6.47. The van der Waals surface area contributed by atoms with Crippen LogP contribution in [-0.4, -0.2) is 170 Å². The lowest BCUT2D eigenvalue weighted by Crippen LogP contribution is -2.42. The van der Waals surface area contributed by atoms with Crippen molar-refractivity contribution in [2.45, 2.75) is 91.9 Å². The molecule has 0 saturated carbocycles. The second-order valence-corrected chi connectivity index (χ2v) is 20.9. The lowest BCUT2D eigenvalue weighted by molar-refractivity contribution is -0.161. The van der Waals surface area contributed by atoms with Crippen LogP contribution in [0.4, 0.5) is 14.4 Å². The van der Waals surface area contributed by atoms with Gasteiger partial charge in [-0.3, -0.25) is 14.4 Å². The Morgan fingerprint density at radius 1 is 0.470 bits per heavy atom. The number of rotatable bonds is 37. The summed E-state index contributed by atoms with van der Waals surface area (Å²) >= 11 is 4.84. The van der Waals surface area contributed by atoms with Gasteiger partial charge in [0.15, 0.2) is 0 Å². The van der Waals surface area contributed by atoms with E-state index in [1.165, 1.54) is 0 Å². The van der Waals surface area contributed by atoms with E-state index < -0.39 is 41.8 Å². The summed E-state index contributed by atoms with van der Waals surface area (Å²) in [6.45, 7) is 12.2. The Balaban J connectivity index is 1.35. The van der Waals surface area contributed by atoms with Crippen molar-refractivity contribution in [1.82, 2.24) is 0 Å². The molecule has 0 atom stereocenters. The molecule has 3 aliphatic heterocycles. The summed E-state index contributed by atoms with van der Waals surface area (Å²) in [6, 6.07) is 0. The zero-order chi connectivity index (χ0) is 48.0. The van der Waals surface area contributed by atoms with Crippen LogP contribution in [0, 0.1) is 21.7 Å². The Morgan fingerprint density at radius 3 is 0.985 bits per heavy atom. The standard InChI is InChI=1S/C45H74O18S3/c1-5-42(30-58-39(49)59-31-42)24-52-15-9-18-64-21-12-36(46)55-27-45(8-4,28-56-37(47)13-22-65-19-10-16-53-25-43(6-2)32-60-40(50)61-33-43)29-57-38(48)14-23-66-20-11-17-54-26-44(7-3)34-62-41(51)63-35-44/h5-35H2,1-4H3. The lowest BCUT2D eigenvalue weighted by atomic mass is 9.87. The number of hydrogen-bond acceptors (Lipinski definition) is 21. The minimum absolute atomic E-state index is 0.0785. The van der Waals surface area contributed by atoms with Crippen molar-refractivity contribution in [3.8, 4) is 0 Å². The highest BCUT2D eigenvalue weighted by atomic mass is 32.2. The number of ether oxygens (including phenoxy) is 12. The molecule has 0 bridgehead atoms. The molecular weight excluding hydrogens is 925 g/mol. The largest absolute Gasteiger partial charge is 0.508 e. The lowest BCUT2D eigenvalue weighted by Gasteiger charge is -2.34. The van der Waals surface area contributed by atoms with Crippen molar-refractivity contribution in [3.63, 3.8) is 0 Å². The predicted octanol–water partition coefficient (Wildman–Crippen LogP) is 7.29. The second kappa shape index (κ2) is 32.1. The molecule has 21 heteroatoms. The van der Waals surface area contributed by atoms with Crippen molar-refractivity contribution in [3.05, 3.63) is 0 Å². The molecule has 0 amide bonds. The van der Waals surface area contributed by atoms with Crippen LogP contribution >= 0.6 is 35.3 Å². The van der Waals surface area contributed by atoms with Gasteiger partial charge >= 0.3 is 36.4 Å². The number of esters is 3. The fourth-order valence-corrected chi connectivity index (χ4v) is 8.98. The highest BCUT2D eigenvalue weighted by Crippen LogP contribution is 2.30. The van der Waals surface area contributed by atoms with Crippen molar-refractivity contribution in [1.29, 1.82) is 0 Å². The normalized spacial score (nSPS) is 17.5. The van der Waals surface area contributed by atoms with Crippen LogP contribution in [0.25, 0.3) is 0 Å². The molecular formula is C45H74O18S3. The molecule has 3 rings (SSSR count). The number of cyclic esters (lactones) is 6. The maximum absolute atomic E-state index is 12.9. The number of hydrogen-bond donors (Lipinski definition) is 0. The monoisotopic (exact) mass is 998 g/mol. The Bertz CT molecular complexity index is 1270. The maximum atomic E-state index is 12.9. The SMILES string of the molecule is CCC(COC(=O)CCSCCCOCC1(CC)COC(=O)OC1)(COC(=O)CCSCCCOCC1(CC)COC(=O)OC1)COC(=O)CCSCCCOCC1(CC)COC(=O)OC1. The molecule has 18 nitrogen and oxygen atoms in total. The van der Waals surface area contributed by atoms with Gasteiger partial charge in [0.25, 0.3) is 0 Å². The molecule has 3 aliphatic rings. The smallest absolute Gasteiger partial charge is 0.465 e. The van der Waals surface area contributed by atoms with Crippen molar-refractivity contribution >= 4 is 71.7 Å². The van der Waals surface area contributed by atoms with E-state index in [0.717, 1.165) is 55.8 Å². The number of thioether (sulfide) groups is 3. The van der Waals surface area contributed by atoms with Gasteiger partial charge in [0.05, 0.1) is 60.7 Å². The molecule has 3 heterocycles. The maximum Gasteiger partial charge on any atom is 0.508 e. The highest BCUT2D eigenvalue weighted by molar-refractivity contribution is 7.99. The quantitative estimate of drug-likeness (QED) is 0.0339. The summed E-state index contributed by atoms with van der Waals surface area (Å²) in [5.41, 5.74) is -1.92. The third kappa shape index (κ3) is 22.5. The molecule has 380 valence electrons. The molecule has 0 N–H and O–H groups in total. The molecule has 0 aliphatic carbocycles. The summed E-state index contributed by atoms with van der Waals surface area (Å²) < 4.78 is 65.0. The van der Waals surface area contributed by atoms with Crippen LogP contribution in [-0.2, 0) is 71.2 Å². The Kier molecular flexibility index (Phi) is 27.9. The van der Waals surface area contributed by atoms with E-state index in [2.05, 4.69) is 0 Å². The summed E-state index contributed by atoms with van der Waals surface area (Å²) in [4.78, 5) is 72.4. The van der Waals surface area contributed by atoms with E-state index in [1.807, 2.05) is 27.7 Å². The Hall–Kier alpha value is -2.85. The Labute approximate surface area is 402 Å². The van der Waals surface area contributed by atoms with Gasteiger partial charge in [-0.2, -0.15) is 35.3 Å². The van der Waals surface area contributed by atoms with Crippen LogP contribution in [0.3, 0.4) is 0 Å². The minimum Gasteiger partial charge on any atom is -0.465 e. The third-order valence-electron chi connectivity index (χ3n) is 11.9. The van der Waals surface area contributed by atoms with Gasteiger partial charge in [0.2, 0.25) is 0 Å². The van der Waals surface area contributed by atoms with Crippen LogP contribution in [0.5, 0.6) is 0 Å². The first-order chi connectivity index (χ1) is 31.8. The van der Waals surface area contributed by atoms with Gasteiger partial charge in [0, 0.05) is 37.1 Å². The third-order valence-corrected chi connectivity index (χ3v) is 15.1. The van der Waals surface area contributed by atoms with Gasteiger partial charge in [0.1, 0.15) is 59.5 Å². The van der Waals surface area contributed by atoms with Crippen molar-refractivity contribution in [2.24, 2.45) is 21.7 Å². The molecule has 0 unspecified atom stereocenters. The van der Waals surface area contributed by atoms with Crippen molar-refractivity contribution < 1.29 is 85.6 Å². The summed E-state index contributed by atoms with van der Waals surface area (Å²) in [7, 11) is 0. The van der Waals surface area contributed by atoms with Crippen LogP contribution < -0.4 is 0 Å². The van der Waals surface area contributed by atoms with Gasteiger partial charge in [-0.1, -0.05) is 27.7 Å². The van der Waals surface area contributed by atoms with Crippen LogP contribution in [0.15, 0.2) is 0 Å². The van der Waals surface area contributed by atoms with Crippen LogP contribution in [0.1, 0.15) is 91.9 Å². The summed E-state index contributed by atoms with van der Waals surface area (Å²) in [6.07, 6.45) is 3.66. The average molecular weight is 999 g/mol. The molecule has 0 spiro atoms. The van der Waals surface area contributed by atoms with E-state index in [1.54, 1.807) is 35.3 Å². The predicted molar refractivity (Wildman–Crippen MR) is 248 cm³/mol. The highest BCUT2D eigenvalue weighted by Gasteiger charge is 2.39. The second-order valence-electron chi connectivity index (χ2n) is 17.2. The van der Waals surface area contributed by atoms with E-state index in [4.69, 9.17) is 56.8 Å². The molecule has 66 heavy (non-hydrogen) atoms. The first-order valence-electron chi connectivity index (χ1n) is 23.2. The average Bonchev–Trinajstić information content (AvgIpc) is 3.33. The molecule has 0 aromatic heterocycles. The number of carbonyl (C=O) groups excluding carboxylic acids is 6. The van der Waals surface area contributed by atoms with Crippen LogP contribution in [0.2, 0.25) is 0 Å². The molecule has 3 fully saturated rings. The van der Waals surface area contributed by atoms with Gasteiger partial charge in [-0.15, -0.1) is 0 Å². The van der Waals surface area contributed by atoms with E-state index in [9.17, 15) is 28.8 Å².